The molecule has 7 heteroatoms. The number of hydrogen-bond acceptors (Lipinski definition) is 5. The molecule has 1 amide bonds. The zero-order valence-electron chi connectivity index (χ0n) is 13.2. The molecule has 1 aromatic carbocycles. The molecule has 5 nitrogen and oxygen atoms in total. The molecule has 3 aromatic rings. The summed E-state index contributed by atoms with van der Waals surface area (Å²) in [5.74, 6) is 1.19. The highest BCUT2D eigenvalue weighted by Crippen LogP contribution is 2.19. The van der Waals surface area contributed by atoms with Gasteiger partial charge in [0.15, 0.2) is 10.5 Å². The van der Waals surface area contributed by atoms with Crippen LogP contribution in [0.4, 0.5) is 0 Å². The lowest BCUT2D eigenvalue weighted by Crippen LogP contribution is -2.18. The van der Waals surface area contributed by atoms with E-state index in [1.807, 2.05) is 0 Å². The largest absolute Gasteiger partial charge is 0.361 e. The minimum atomic E-state index is -0.372. The van der Waals surface area contributed by atoms with Crippen LogP contribution in [0.25, 0.3) is 10.2 Å². The van der Waals surface area contributed by atoms with Gasteiger partial charge in [0.25, 0.3) is 0 Å². The van der Waals surface area contributed by atoms with Crippen LogP contribution in [-0.4, -0.2) is 27.6 Å². The summed E-state index contributed by atoms with van der Waals surface area (Å²) in [6.07, 6.45) is 2.07. The number of aromatic nitrogens is 2. The summed E-state index contributed by atoms with van der Waals surface area (Å²) >= 11 is 3.29. The third kappa shape index (κ3) is 3.40. The van der Waals surface area contributed by atoms with Crippen molar-refractivity contribution in [3.05, 3.63) is 46.1 Å². The van der Waals surface area contributed by atoms with Crippen molar-refractivity contribution in [1.82, 2.24) is 9.72 Å². The van der Waals surface area contributed by atoms with Gasteiger partial charge in [-0.25, -0.2) is 0 Å². The van der Waals surface area contributed by atoms with Gasteiger partial charge in [0.2, 0.25) is 0 Å². The molecule has 0 N–H and O–H groups in total. The summed E-state index contributed by atoms with van der Waals surface area (Å²) < 4.78 is 8.19. The SMILES string of the molecule is CSCCn1c(=NC(=O)c2cc(C)on2)sc2cc(C)ccc21. The average Bonchev–Trinajstić information content (AvgIpc) is 3.08. The van der Waals surface area contributed by atoms with Crippen LogP contribution in [0.15, 0.2) is 33.8 Å². The van der Waals surface area contributed by atoms with Gasteiger partial charge in [-0.2, -0.15) is 16.8 Å². The molecule has 0 spiro atoms. The molecule has 0 aliphatic heterocycles. The number of carbonyl (C=O) groups excluding carboxylic acids is 1. The highest BCUT2D eigenvalue weighted by molar-refractivity contribution is 7.98. The zero-order chi connectivity index (χ0) is 16.4. The van der Waals surface area contributed by atoms with Crippen LogP contribution in [0.1, 0.15) is 21.8 Å². The lowest BCUT2D eigenvalue weighted by atomic mass is 10.2. The van der Waals surface area contributed by atoms with Crippen molar-refractivity contribution < 1.29 is 9.32 Å². The first-order valence-corrected chi connectivity index (χ1v) is 9.41. The Morgan fingerprint density at radius 3 is 2.91 bits per heavy atom. The molecule has 120 valence electrons. The molecule has 0 atom stereocenters. The summed E-state index contributed by atoms with van der Waals surface area (Å²) in [6.45, 7) is 4.63. The van der Waals surface area contributed by atoms with Crippen LogP contribution < -0.4 is 4.80 Å². The van der Waals surface area contributed by atoms with Crippen LogP contribution in [0.3, 0.4) is 0 Å². The fourth-order valence-corrected chi connectivity index (χ4v) is 3.79. The number of benzene rings is 1. The quantitative estimate of drug-likeness (QED) is 0.726. The van der Waals surface area contributed by atoms with E-state index >= 15 is 0 Å². The van der Waals surface area contributed by atoms with E-state index in [0.717, 1.165) is 22.5 Å². The van der Waals surface area contributed by atoms with Crippen LogP contribution in [0.2, 0.25) is 0 Å². The van der Waals surface area contributed by atoms with Gasteiger partial charge in [-0.15, -0.1) is 0 Å². The van der Waals surface area contributed by atoms with E-state index in [2.05, 4.69) is 46.1 Å². The second-order valence-electron chi connectivity index (χ2n) is 5.24. The number of thiazole rings is 1. The fourth-order valence-electron chi connectivity index (χ4n) is 2.28. The van der Waals surface area contributed by atoms with Gasteiger partial charge in [-0.05, 0) is 37.8 Å². The Morgan fingerprint density at radius 2 is 2.22 bits per heavy atom. The maximum Gasteiger partial charge on any atom is 0.301 e. The van der Waals surface area contributed by atoms with E-state index < -0.39 is 0 Å². The molecular formula is C16H17N3O2S2. The van der Waals surface area contributed by atoms with Gasteiger partial charge >= 0.3 is 5.91 Å². The number of aryl methyl sites for hydroxylation is 3. The Hall–Kier alpha value is -1.86. The molecule has 2 aromatic heterocycles. The van der Waals surface area contributed by atoms with E-state index in [4.69, 9.17) is 4.52 Å². The van der Waals surface area contributed by atoms with Crippen molar-refractivity contribution in [2.75, 3.05) is 12.0 Å². The number of carbonyl (C=O) groups is 1. The van der Waals surface area contributed by atoms with Gasteiger partial charge in [0, 0.05) is 18.4 Å². The van der Waals surface area contributed by atoms with Crippen LogP contribution in [0.5, 0.6) is 0 Å². The highest BCUT2D eigenvalue weighted by Gasteiger charge is 2.12. The Bertz CT molecular complexity index is 921. The number of rotatable bonds is 4. The highest BCUT2D eigenvalue weighted by atomic mass is 32.2. The molecule has 0 aliphatic rings. The summed E-state index contributed by atoms with van der Waals surface area (Å²) in [6, 6.07) is 7.90. The average molecular weight is 347 g/mol. The number of amides is 1. The lowest BCUT2D eigenvalue weighted by Gasteiger charge is -2.03. The first-order chi connectivity index (χ1) is 11.1. The van der Waals surface area contributed by atoms with Gasteiger partial charge in [-0.3, -0.25) is 4.79 Å². The van der Waals surface area contributed by atoms with E-state index in [1.165, 1.54) is 16.9 Å². The minimum Gasteiger partial charge on any atom is -0.361 e. The maximum absolute atomic E-state index is 12.3. The van der Waals surface area contributed by atoms with Crippen molar-refractivity contribution in [3.63, 3.8) is 0 Å². The van der Waals surface area contributed by atoms with E-state index in [-0.39, 0.29) is 11.6 Å². The first kappa shape index (κ1) is 16.0. The summed E-state index contributed by atoms with van der Waals surface area (Å²) in [5.41, 5.74) is 2.55. The fraction of sp³-hybridized carbons (Fsp3) is 0.312. The summed E-state index contributed by atoms with van der Waals surface area (Å²) in [4.78, 5) is 17.3. The molecule has 0 aliphatic carbocycles. The third-order valence-electron chi connectivity index (χ3n) is 3.40. The number of nitrogens with zero attached hydrogens (tertiary/aromatic N) is 3. The van der Waals surface area contributed by atoms with Crippen molar-refractivity contribution >= 4 is 39.2 Å². The van der Waals surface area contributed by atoms with Crippen molar-refractivity contribution in [3.8, 4) is 0 Å². The van der Waals surface area contributed by atoms with Crippen molar-refractivity contribution in [1.29, 1.82) is 0 Å². The van der Waals surface area contributed by atoms with E-state index in [9.17, 15) is 4.79 Å². The monoisotopic (exact) mass is 347 g/mol. The molecule has 0 saturated carbocycles. The Kier molecular flexibility index (Phi) is 4.68. The Balaban J connectivity index is 2.11. The van der Waals surface area contributed by atoms with Crippen molar-refractivity contribution in [2.45, 2.75) is 20.4 Å². The first-order valence-electron chi connectivity index (χ1n) is 7.20. The smallest absolute Gasteiger partial charge is 0.301 e. The summed E-state index contributed by atoms with van der Waals surface area (Å²) in [5, 5.41) is 3.74. The second kappa shape index (κ2) is 6.72. The van der Waals surface area contributed by atoms with Crippen LogP contribution >= 0.6 is 23.1 Å². The molecular weight excluding hydrogens is 330 g/mol. The predicted octanol–water partition coefficient (Wildman–Crippen LogP) is 3.41. The van der Waals surface area contributed by atoms with Crippen LogP contribution in [-0.2, 0) is 6.54 Å². The van der Waals surface area contributed by atoms with Gasteiger partial charge in [-0.1, -0.05) is 22.6 Å². The lowest BCUT2D eigenvalue weighted by molar-refractivity contribution is 0.0989. The molecule has 0 bridgehead atoms. The predicted molar refractivity (Wildman–Crippen MR) is 94.1 cm³/mol. The molecule has 3 rings (SSSR count). The van der Waals surface area contributed by atoms with Crippen LogP contribution in [0, 0.1) is 13.8 Å². The standard InChI is InChI=1S/C16H17N3O2S2/c1-10-4-5-13-14(8-10)23-16(19(13)6-7-22-3)17-15(20)12-9-11(2)21-18-12/h4-5,8-9H,6-7H2,1-3H3. The molecule has 0 radical (unpaired) electrons. The van der Waals surface area contributed by atoms with Gasteiger partial charge < -0.3 is 9.09 Å². The molecule has 0 saturated heterocycles. The van der Waals surface area contributed by atoms with E-state index in [0.29, 0.717) is 10.6 Å². The third-order valence-corrected chi connectivity index (χ3v) is 5.03. The topological polar surface area (TPSA) is 60.4 Å². The second-order valence-corrected chi connectivity index (χ2v) is 7.23. The summed E-state index contributed by atoms with van der Waals surface area (Å²) in [7, 11) is 0. The van der Waals surface area contributed by atoms with Crippen molar-refractivity contribution in [2.24, 2.45) is 4.99 Å². The molecule has 0 unspecified atom stereocenters. The van der Waals surface area contributed by atoms with Gasteiger partial charge in [0.05, 0.1) is 10.2 Å². The van der Waals surface area contributed by atoms with E-state index in [1.54, 1.807) is 24.8 Å². The Labute approximate surface area is 142 Å². The zero-order valence-corrected chi connectivity index (χ0v) is 14.8. The molecule has 0 fully saturated rings. The Morgan fingerprint density at radius 1 is 1.39 bits per heavy atom. The number of thioether (sulfide) groups is 1. The normalized spacial score (nSPS) is 12.2. The number of hydrogen-bond donors (Lipinski definition) is 0. The molecule has 23 heavy (non-hydrogen) atoms. The van der Waals surface area contributed by atoms with Gasteiger partial charge in [0.1, 0.15) is 5.76 Å². The number of fused-ring (bicyclic) bond motifs is 1. The minimum absolute atomic E-state index is 0.243. The molecule has 2 heterocycles. The maximum atomic E-state index is 12.3.